The molecule has 0 amide bonds. The average Bonchev–Trinajstić information content (AvgIpc) is 2.88. The Labute approximate surface area is 101 Å². The van der Waals surface area contributed by atoms with E-state index in [1.165, 1.54) is 0 Å². The Morgan fingerprint density at radius 2 is 2.24 bits per heavy atom. The van der Waals surface area contributed by atoms with Crippen LogP contribution in [0.2, 0.25) is 0 Å². The maximum Gasteiger partial charge on any atom is 0.137 e. The van der Waals surface area contributed by atoms with Crippen molar-refractivity contribution in [3.63, 3.8) is 0 Å². The number of benzene rings is 1. The molecule has 2 rings (SSSR count). The van der Waals surface area contributed by atoms with Crippen LogP contribution < -0.4 is 4.74 Å². The Hall–Kier alpha value is -1.57. The van der Waals surface area contributed by atoms with Crippen molar-refractivity contribution in [2.45, 2.75) is 12.5 Å². The van der Waals surface area contributed by atoms with Gasteiger partial charge in [0.15, 0.2) is 0 Å². The van der Waals surface area contributed by atoms with Crippen molar-refractivity contribution in [1.82, 2.24) is 0 Å². The summed E-state index contributed by atoms with van der Waals surface area (Å²) in [6.07, 6.45) is 1.15. The van der Waals surface area contributed by atoms with Crippen molar-refractivity contribution in [2.75, 3.05) is 26.4 Å². The Bertz CT molecular complexity index is 394. The molecule has 0 N–H and O–H groups in total. The Morgan fingerprint density at radius 3 is 3.00 bits per heavy atom. The highest BCUT2D eigenvalue weighted by Gasteiger charge is 2.15. The van der Waals surface area contributed by atoms with Gasteiger partial charge in [0.25, 0.3) is 0 Å². The first-order valence-electron chi connectivity index (χ1n) is 5.71. The number of nitrogens with zero attached hydrogens (tertiary/aromatic N) is 1. The van der Waals surface area contributed by atoms with E-state index in [0.29, 0.717) is 31.1 Å². The molecule has 4 heteroatoms. The van der Waals surface area contributed by atoms with Gasteiger partial charge in [-0.25, -0.2) is 0 Å². The van der Waals surface area contributed by atoms with Crippen LogP contribution in [0.4, 0.5) is 0 Å². The predicted molar refractivity (Wildman–Crippen MR) is 61.8 cm³/mol. The Morgan fingerprint density at radius 1 is 1.35 bits per heavy atom. The van der Waals surface area contributed by atoms with E-state index in [1.54, 1.807) is 12.1 Å². The summed E-state index contributed by atoms with van der Waals surface area (Å²) in [4.78, 5) is 0. The smallest absolute Gasteiger partial charge is 0.137 e. The van der Waals surface area contributed by atoms with Crippen LogP contribution in [0, 0.1) is 11.3 Å². The third-order valence-corrected chi connectivity index (χ3v) is 2.59. The van der Waals surface area contributed by atoms with Gasteiger partial charge in [-0.1, -0.05) is 12.1 Å². The highest BCUT2D eigenvalue weighted by atomic mass is 16.6. The van der Waals surface area contributed by atoms with Crippen molar-refractivity contribution in [1.29, 1.82) is 5.26 Å². The molecule has 1 unspecified atom stereocenters. The second kappa shape index (κ2) is 6.24. The third-order valence-electron chi connectivity index (χ3n) is 2.59. The van der Waals surface area contributed by atoms with E-state index in [2.05, 4.69) is 6.07 Å². The molecular weight excluding hydrogens is 218 g/mol. The predicted octanol–water partition coefficient (Wildman–Crippen LogP) is 1.74. The largest absolute Gasteiger partial charge is 0.490 e. The van der Waals surface area contributed by atoms with Crippen molar-refractivity contribution in [3.05, 3.63) is 29.8 Å². The topological polar surface area (TPSA) is 51.5 Å². The number of hydrogen-bond donors (Lipinski definition) is 0. The van der Waals surface area contributed by atoms with E-state index in [1.807, 2.05) is 12.1 Å². The fourth-order valence-corrected chi connectivity index (χ4v) is 1.70. The first-order chi connectivity index (χ1) is 8.40. The van der Waals surface area contributed by atoms with Gasteiger partial charge in [-0.15, -0.1) is 0 Å². The zero-order valence-electron chi connectivity index (χ0n) is 9.59. The van der Waals surface area contributed by atoms with E-state index in [4.69, 9.17) is 19.5 Å². The minimum absolute atomic E-state index is 0.199. The molecule has 0 bridgehead atoms. The van der Waals surface area contributed by atoms with Crippen LogP contribution in [0.5, 0.6) is 5.75 Å². The fraction of sp³-hybridized carbons (Fsp3) is 0.462. The molecule has 1 aromatic rings. The molecule has 17 heavy (non-hydrogen) atoms. The summed E-state index contributed by atoms with van der Waals surface area (Å²) in [5.41, 5.74) is 0.552. The van der Waals surface area contributed by atoms with Gasteiger partial charge in [0.2, 0.25) is 0 Å². The molecule has 0 spiro atoms. The van der Waals surface area contributed by atoms with Crippen LogP contribution in [-0.2, 0) is 9.47 Å². The van der Waals surface area contributed by atoms with Crippen molar-refractivity contribution < 1.29 is 14.2 Å². The van der Waals surface area contributed by atoms with E-state index in [0.717, 1.165) is 13.0 Å². The van der Waals surface area contributed by atoms with Gasteiger partial charge in [0.1, 0.15) is 18.4 Å². The standard InChI is InChI=1S/C13H15NO3/c14-9-11-3-1-2-4-13(11)17-8-7-16-12-5-6-15-10-12/h1-4,12H,5-8,10H2. The van der Waals surface area contributed by atoms with Crippen molar-refractivity contribution >= 4 is 0 Å². The molecule has 1 saturated heterocycles. The lowest BCUT2D eigenvalue weighted by atomic mass is 10.2. The van der Waals surface area contributed by atoms with Gasteiger partial charge in [-0.2, -0.15) is 5.26 Å². The summed E-state index contributed by atoms with van der Waals surface area (Å²) < 4.78 is 16.3. The molecule has 0 aromatic heterocycles. The van der Waals surface area contributed by atoms with Gasteiger partial charge in [0, 0.05) is 6.61 Å². The zero-order chi connectivity index (χ0) is 11.9. The number of rotatable bonds is 5. The third kappa shape index (κ3) is 3.45. The van der Waals surface area contributed by atoms with Gasteiger partial charge in [-0.05, 0) is 18.6 Å². The summed E-state index contributed by atoms with van der Waals surface area (Å²) in [6.45, 7) is 2.43. The molecule has 0 saturated carbocycles. The summed E-state index contributed by atoms with van der Waals surface area (Å²) in [6, 6.07) is 9.28. The molecule has 4 nitrogen and oxygen atoms in total. The van der Waals surface area contributed by atoms with Crippen molar-refractivity contribution in [2.24, 2.45) is 0 Å². The summed E-state index contributed by atoms with van der Waals surface area (Å²) in [5, 5.41) is 8.87. The molecule has 90 valence electrons. The SMILES string of the molecule is N#Cc1ccccc1OCCOC1CCOC1. The lowest BCUT2D eigenvalue weighted by Crippen LogP contribution is -2.17. The highest BCUT2D eigenvalue weighted by Crippen LogP contribution is 2.16. The average molecular weight is 233 g/mol. The monoisotopic (exact) mass is 233 g/mol. The lowest BCUT2D eigenvalue weighted by Gasteiger charge is -2.11. The van der Waals surface area contributed by atoms with E-state index in [9.17, 15) is 0 Å². The maximum absolute atomic E-state index is 8.87. The Balaban J connectivity index is 1.72. The number of ether oxygens (including phenoxy) is 3. The first kappa shape index (κ1) is 11.9. The molecule has 1 aromatic carbocycles. The zero-order valence-corrected chi connectivity index (χ0v) is 9.59. The molecule has 1 atom stereocenters. The number of para-hydroxylation sites is 1. The number of nitriles is 1. The quantitative estimate of drug-likeness (QED) is 0.727. The van der Waals surface area contributed by atoms with Crippen LogP contribution >= 0.6 is 0 Å². The normalized spacial score (nSPS) is 18.9. The molecule has 1 fully saturated rings. The van der Waals surface area contributed by atoms with Crippen LogP contribution in [0.1, 0.15) is 12.0 Å². The molecule has 1 heterocycles. The maximum atomic E-state index is 8.87. The Kier molecular flexibility index (Phi) is 4.37. The molecule has 0 radical (unpaired) electrons. The van der Waals surface area contributed by atoms with Gasteiger partial charge < -0.3 is 14.2 Å². The van der Waals surface area contributed by atoms with Crippen LogP contribution in [0.25, 0.3) is 0 Å². The molecule has 1 aliphatic heterocycles. The second-order valence-corrected chi connectivity index (χ2v) is 3.81. The van der Waals surface area contributed by atoms with Gasteiger partial charge in [0.05, 0.1) is 24.9 Å². The van der Waals surface area contributed by atoms with E-state index < -0.39 is 0 Å². The highest BCUT2D eigenvalue weighted by molar-refractivity contribution is 5.42. The van der Waals surface area contributed by atoms with Crippen LogP contribution in [0.3, 0.4) is 0 Å². The van der Waals surface area contributed by atoms with Gasteiger partial charge in [-0.3, -0.25) is 0 Å². The number of hydrogen-bond acceptors (Lipinski definition) is 4. The minimum Gasteiger partial charge on any atom is -0.490 e. The van der Waals surface area contributed by atoms with E-state index >= 15 is 0 Å². The lowest BCUT2D eigenvalue weighted by molar-refractivity contribution is 0.0265. The van der Waals surface area contributed by atoms with E-state index in [-0.39, 0.29) is 6.10 Å². The van der Waals surface area contributed by atoms with Gasteiger partial charge >= 0.3 is 0 Å². The summed E-state index contributed by atoms with van der Waals surface area (Å²) in [5.74, 6) is 0.612. The van der Waals surface area contributed by atoms with Crippen LogP contribution in [0.15, 0.2) is 24.3 Å². The summed E-state index contributed by atoms with van der Waals surface area (Å²) >= 11 is 0. The molecule has 1 aliphatic rings. The fourth-order valence-electron chi connectivity index (χ4n) is 1.70. The van der Waals surface area contributed by atoms with Crippen LogP contribution in [-0.4, -0.2) is 32.5 Å². The summed E-state index contributed by atoms with van der Waals surface area (Å²) in [7, 11) is 0. The molecular formula is C13H15NO3. The first-order valence-corrected chi connectivity index (χ1v) is 5.71. The van der Waals surface area contributed by atoms with Crippen molar-refractivity contribution in [3.8, 4) is 11.8 Å². The minimum atomic E-state index is 0.199. The second-order valence-electron chi connectivity index (χ2n) is 3.81. The molecule has 0 aliphatic carbocycles.